The second-order valence-corrected chi connectivity index (χ2v) is 13.4. The Kier molecular flexibility index (Phi) is 8.85. The SMILES string of the molecule is CCCCN(C(=O)CCc1ccc(S(=O)(=O)N2CCCCC2)cc1)C1CC(C)(C)NC(C)(C)C1. The van der Waals surface area contributed by atoms with Crippen molar-refractivity contribution in [2.45, 2.75) is 114 Å². The Hall–Kier alpha value is -1.44. The number of carbonyl (C=O) groups is 1. The van der Waals surface area contributed by atoms with Crippen molar-refractivity contribution >= 4 is 15.9 Å². The molecule has 0 spiro atoms. The number of nitrogens with one attached hydrogen (secondary N) is 1. The molecule has 2 aliphatic heterocycles. The topological polar surface area (TPSA) is 69.7 Å². The van der Waals surface area contributed by atoms with Gasteiger partial charge in [-0.05, 0) is 83.9 Å². The lowest BCUT2D eigenvalue weighted by molar-refractivity contribution is -0.135. The minimum Gasteiger partial charge on any atom is -0.340 e. The van der Waals surface area contributed by atoms with Gasteiger partial charge in [0.15, 0.2) is 0 Å². The average Bonchev–Trinajstić information content (AvgIpc) is 2.77. The minimum atomic E-state index is -3.42. The number of amides is 1. The van der Waals surface area contributed by atoms with Gasteiger partial charge in [-0.3, -0.25) is 4.79 Å². The van der Waals surface area contributed by atoms with E-state index in [9.17, 15) is 13.2 Å². The van der Waals surface area contributed by atoms with Crippen molar-refractivity contribution in [1.29, 1.82) is 0 Å². The summed E-state index contributed by atoms with van der Waals surface area (Å²) in [6.07, 6.45) is 8.02. The van der Waals surface area contributed by atoms with Crippen LogP contribution in [0.3, 0.4) is 0 Å². The Morgan fingerprint density at radius 1 is 1.03 bits per heavy atom. The van der Waals surface area contributed by atoms with Crippen LogP contribution in [0, 0.1) is 0 Å². The van der Waals surface area contributed by atoms with E-state index in [2.05, 4.69) is 44.8 Å². The lowest BCUT2D eigenvalue weighted by Gasteiger charge is -2.49. The summed E-state index contributed by atoms with van der Waals surface area (Å²) >= 11 is 0. The summed E-state index contributed by atoms with van der Waals surface area (Å²) in [5.74, 6) is 0.206. The Balaban J connectivity index is 1.65. The summed E-state index contributed by atoms with van der Waals surface area (Å²) in [5, 5.41) is 3.72. The van der Waals surface area contributed by atoms with Crippen molar-refractivity contribution in [1.82, 2.24) is 14.5 Å². The molecule has 0 aliphatic carbocycles. The van der Waals surface area contributed by atoms with Crippen LogP contribution in [0.5, 0.6) is 0 Å². The fourth-order valence-electron chi connectivity index (χ4n) is 5.81. The van der Waals surface area contributed by atoms with Crippen molar-refractivity contribution < 1.29 is 13.2 Å². The second kappa shape index (κ2) is 11.1. The van der Waals surface area contributed by atoms with Gasteiger partial charge in [-0.1, -0.05) is 31.9 Å². The maximum absolute atomic E-state index is 13.4. The summed E-state index contributed by atoms with van der Waals surface area (Å²) < 4.78 is 27.4. The van der Waals surface area contributed by atoms with Gasteiger partial charge in [-0.25, -0.2) is 8.42 Å². The van der Waals surface area contributed by atoms with Crippen LogP contribution >= 0.6 is 0 Å². The third-order valence-electron chi connectivity index (χ3n) is 7.19. The smallest absolute Gasteiger partial charge is 0.243 e. The van der Waals surface area contributed by atoms with Gasteiger partial charge in [0.25, 0.3) is 0 Å². The zero-order valence-corrected chi connectivity index (χ0v) is 22.7. The van der Waals surface area contributed by atoms with Crippen LogP contribution in [-0.2, 0) is 21.2 Å². The van der Waals surface area contributed by atoms with Crippen LogP contribution in [-0.4, -0.2) is 60.3 Å². The van der Waals surface area contributed by atoms with Crippen LogP contribution < -0.4 is 5.32 Å². The van der Waals surface area contributed by atoms with E-state index >= 15 is 0 Å². The lowest BCUT2D eigenvalue weighted by atomic mass is 9.79. The van der Waals surface area contributed by atoms with Crippen molar-refractivity contribution in [2.75, 3.05) is 19.6 Å². The molecule has 0 atom stereocenters. The largest absolute Gasteiger partial charge is 0.340 e. The van der Waals surface area contributed by atoms with Gasteiger partial charge in [-0.2, -0.15) is 4.31 Å². The molecule has 2 heterocycles. The molecule has 1 aromatic carbocycles. The van der Waals surface area contributed by atoms with Crippen LogP contribution in [0.15, 0.2) is 29.2 Å². The molecule has 1 N–H and O–H groups in total. The number of rotatable bonds is 9. The quantitative estimate of drug-likeness (QED) is 0.542. The third-order valence-corrected chi connectivity index (χ3v) is 9.10. The number of nitrogens with zero attached hydrogens (tertiary/aromatic N) is 2. The number of hydrogen-bond donors (Lipinski definition) is 1. The number of benzene rings is 1. The predicted octanol–water partition coefficient (Wildman–Crippen LogP) is 4.73. The normalized spacial score (nSPS) is 21.3. The molecule has 1 aromatic rings. The molecule has 192 valence electrons. The summed E-state index contributed by atoms with van der Waals surface area (Å²) in [6.45, 7) is 13.1. The van der Waals surface area contributed by atoms with Crippen LogP contribution in [0.1, 0.15) is 91.5 Å². The summed E-state index contributed by atoms with van der Waals surface area (Å²) in [5.41, 5.74) is 0.993. The molecule has 34 heavy (non-hydrogen) atoms. The highest BCUT2D eigenvalue weighted by Crippen LogP contribution is 2.32. The molecule has 0 saturated carbocycles. The maximum Gasteiger partial charge on any atom is 0.243 e. The molecule has 2 aliphatic rings. The molecule has 0 bridgehead atoms. The molecule has 2 fully saturated rings. The Morgan fingerprint density at radius 2 is 1.62 bits per heavy atom. The zero-order chi connectivity index (χ0) is 25.0. The van der Waals surface area contributed by atoms with E-state index in [0.29, 0.717) is 30.8 Å². The minimum absolute atomic E-state index is 0.00710. The van der Waals surface area contributed by atoms with Crippen LogP contribution in [0.25, 0.3) is 0 Å². The summed E-state index contributed by atoms with van der Waals surface area (Å²) in [6, 6.07) is 7.39. The highest BCUT2D eigenvalue weighted by atomic mass is 32.2. The highest BCUT2D eigenvalue weighted by Gasteiger charge is 2.40. The van der Waals surface area contributed by atoms with Crippen molar-refractivity contribution in [3.05, 3.63) is 29.8 Å². The number of carbonyl (C=O) groups excluding carboxylic acids is 1. The van der Waals surface area contributed by atoms with Gasteiger partial charge in [0.1, 0.15) is 0 Å². The molecule has 7 heteroatoms. The third kappa shape index (κ3) is 7.05. The average molecular weight is 492 g/mol. The molecular formula is C27H45N3O3S. The van der Waals surface area contributed by atoms with Crippen molar-refractivity contribution in [3.63, 3.8) is 0 Å². The van der Waals surface area contributed by atoms with Gasteiger partial charge in [0.2, 0.25) is 15.9 Å². The van der Waals surface area contributed by atoms with Crippen molar-refractivity contribution in [3.8, 4) is 0 Å². The first-order valence-corrected chi connectivity index (χ1v) is 14.6. The number of hydrogen-bond acceptors (Lipinski definition) is 4. The van der Waals surface area contributed by atoms with E-state index in [0.717, 1.165) is 57.1 Å². The second-order valence-electron chi connectivity index (χ2n) is 11.5. The van der Waals surface area contributed by atoms with E-state index in [-0.39, 0.29) is 23.0 Å². The monoisotopic (exact) mass is 491 g/mol. The fourth-order valence-corrected chi connectivity index (χ4v) is 7.32. The molecule has 0 aromatic heterocycles. The summed E-state index contributed by atoms with van der Waals surface area (Å²) in [4.78, 5) is 15.9. The van der Waals surface area contributed by atoms with E-state index in [4.69, 9.17) is 0 Å². The maximum atomic E-state index is 13.4. The van der Waals surface area contributed by atoms with E-state index < -0.39 is 10.0 Å². The van der Waals surface area contributed by atoms with Gasteiger partial charge < -0.3 is 10.2 Å². The van der Waals surface area contributed by atoms with E-state index in [1.165, 1.54) is 0 Å². The van der Waals surface area contributed by atoms with Crippen molar-refractivity contribution in [2.24, 2.45) is 0 Å². The first-order valence-electron chi connectivity index (χ1n) is 13.1. The molecule has 6 nitrogen and oxygen atoms in total. The molecule has 2 saturated heterocycles. The number of aryl methyl sites for hydroxylation is 1. The standard InChI is InChI=1S/C27H45N3O3S/c1-6-7-19-30(23-20-26(2,3)28-27(4,5)21-23)25(31)16-13-22-11-14-24(15-12-22)34(32,33)29-17-9-8-10-18-29/h11-12,14-15,23,28H,6-10,13,16-21H2,1-5H3. The van der Waals surface area contributed by atoms with Gasteiger partial charge in [-0.15, -0.1) is 0 Å². The molecule has 0 unspecified atom stereocenters. The lowest BCUT2D eigenvalue weighted by Crippen LogP contribution is -2.62. The van der Waals surface area contributed by atoms with Crippen LogP contribution in [0.4, 0.5) is 0 Å². The Bertz CT molecular complexity index is 903. The summed E-state index contributed by atoms with van der Waals surface area (Å²) in [7, 11) is -3.42. The number of sulfonamides is 1. The highest BCUT2D eigenvalue weighted by molar-refractivity contribution is 7.89. The zero-order valence-electron chi connectivity index (χ0n) is 21.9. The van der Waals surface area contributed by atoms with Crippen LogP contribution in [0.2, 0.25) is 0 Å². The number of piperidine rings is 2. The molecule has 0 radical (unpaired) electrons. The fraction of sp³-hybridized carbons (Fsp3) is 0.741. The Morgan fingerprint density at radius 3 is 2.18 bits per heavy atom. The Labute approximate surface area is 207 Å². The first-order chi connectivity index (χ1) is 15.9. The van der Waals surface area contributed by atoms with Gasteiger partial charge in [0.05, 0.1) is 4.90 Å². The molecule has 1 amide bonds. The molecule has 3 rings (SSSR count). The molecular weight excluding hydrogens is 446 g/mol. The number of unbranched alkanes of at least 4 members (excludes halogenated alkanes) is 1. The first kappa shape index (κ1) is 27.2. The predicted molar refractivity (Wildman–Crippen MR) is 138 cm³/mol. The van der Waals surface area contributed by atoms with E-state index in [1.807, 2.05) is 12.1 Å². The van der Waals surface area contributed by atoms with E-state index in [1.54, 1.807) is 16.4 Å². The van der Waals surface area contributed by atoms with Gasteiger partial charge in [0, 0.05) is 43.2 Å². The van der Waals surface area contributed by atoms with Gasteiger partial charge >= 0.3 is 0 Å².